The Bertz CT molecular complexity index is 1200. The smallest absolute Gasteiger partial charge is 0.256 e. The summed E-state index contributed by atoms with van der Waals surface area (Å²) in [5.41, 5.74) is 2.36. The molecule has 0 aliphatic carbocycles. The zero-order valence-electron chi connectivity index (χ0n) is 19.1. The summed E-state index contributed by atoms with van der Waals surface area (Å²) >= 11 is 1.25. The first-order valence-corrected chi connectivity index (χ1v) is 12.3. The number of anilines is 1. The van der Waals surface area contributed by atoms with E-state index in [1.807, 2.05) is 17.0 Å². The molecule has 0 radical (unpaired) electrons. The minimum Gasteiger partial charge on any atom is -0.454 e. The highest BCUT2D eigenvalue weighted by molar-refractivity contribution is 8.00. The fourth-order valence-corrected chi connectivity index (χ4v) is 4.79. The van der Waals surface area contributed by atoms with E-state index in [0.717, 1.165) is 19.6 Å². The fraction of sp³-hybridized carbons (Fsp3) is 0.280. The van der Waals surface area contributed by atoms with Gasteiger partial charge >= 0.3 is 0 Å². The van der Waals surface area contributed by atoms with Gasteiger partial charge < -0.3 is 19.7 Å². The Morgan fingerprint density at radius 3 is 2.60 bits per heavy atom. The van der Waals surface area contributed by atoms with Crippen molar-refractivity contribution in [3.05, 3.63) is 72.2 Å². The molecule has 3 aromatic rings. The molecule has 0 saturated carbocycles. The van der Waals surface area contributed by atoms with Crippen LogP contribution in [0.2, 0.25) is 0 Å². The summed E-state index contributed by atoms with van der Waals surface area (Å²) < 4.78 is 10.6. The van der Waals surface area contributed by atoms with E-state index in [1.165, 1.54) is 17.3 Å². The van der Waals surface area contributed by atoms with E-state index >= 15 is 0 Å². The van der Waals surface area contributed by atoms with Gasteiger partial charge in [0, 0.05) is 63.1 Å². The predicted octanol–water partition coefficient (Wildman–Crippen LogP) is 2.89. The number of hydrogen-bond donors (Lipinski definition) is 1. The minimum absolute atomic E-state index is 0.0552. The Kier molecular flexibility index (Phi) is 7.10. The number of carbonyl (C=O) groups excluding carboxylic acids is 2. The van der Waals surface area contributed by atoms with Gasteiger partial charge in [-0.2, -0.15) is 0 Å². The molecule has 0 atom stereocenters. The number of piperazine rings is 1. The number of fused-ring (bicyclic) bond motifs is 1. The average molecular weight is 492 g/mol. The first kappa shape index (κ1) is 23.1. The van der Waals surface area contributed by atoms with Crippen LogP contribution in [0, 0.1) is 0 Å². The van der Waals surface area contributed by atoms with Gasteiger partial charge in [-0.3, -0.25) is 19.5 Å². The molecular formula is C25H25N5O4S. The molecule has 180 valence electrons. The SMILES string of the molecule is O=C(CSc1ncccc1C(=O)N1CCN(Cc2ccncc2)CC1)Nc1ccc2c(c1)OCO2. The van der Waals surface area contributed by atoms with Crippen LogP contribution in [0.5, 0.6) is 11.5 Å². The largest absolute Gasteiger partial charge is 0.454 e. The third-order valence-electron chi connectivity index (χ3n) is 5.81. The van der Waals surface area contributed by atoms with E-state index < -0.39 is 0 Å². The predicted molar refractivity (Wildman–Crippen MR) is 132 cm³/mol. The van der Waals surface area contributed by atoms with Gasteiger partial charge in [0.25, 0.3) is 5.91 Å². The molecule has 0 spiro atoms. The highest BCUT2D eigenvalue weighted by atomic mass is 32.2. The lowest BCUT2D eigenvalue weighted by atomic mass is 10.2. The summed E-state index contributed by atoms with van der Waals surface area (Å²) in [6, 6.07) is 12.8. The number of nitrogens with zero attached hydrogens (tertiary/aromatic N) is 4. The molecular weight excluding hydrogens is 466 g/mol. The second-order valence-corrected chi connectivity index (χ2v) is 9.15. The number of amides is 2. The zero-order valence-corrected chi connectivity index (χ0v) is 19.9. The van der Waals surface area contributed by atoms with E-state index in [9.17, 15) is 9.59 Å². The second kappa shape index (κ2) is 10.7. The molecule has 1 fully saturated rings. The van der Waals surface area contributed by atoms with Crippen LogP contribution in [0.15, 0.2) is 66.1 Å². The normalized spacial score (nSPS) is 15.1. The van der Waals surface area contributed by atoms with E-state index in [0.29, 0.717) is 40.9 Å². The summed E-state index contributed by atoms with van der Waals surface area (Å²) in [4.78, 5) is 38.4. The van der Waals surface area contributed by atoms with Crippen molar-refractivity contribution in [2.75, 3.05) is 44.0 Å². The molecule has 10 heteroatoms. The average Bonchev–Trinajstić information content (AvgIpc) is 3.36. The maximum Gasteiger partial charge on any atom is 0.256 e. The minimum atomic E-state index is -0.192. The van der Waals surface area contributed by atoms with Crippen LogP contribution < -0.4 is 14.8 Å². The Balaban J connectivity index is 1.15. The summed E-state index contributed by atoms with van der Waals surface area (Å²) in [5, 5.41) is 3.40. The monoisotopic (exact) mass is 491 g/mol. The number of benzene rings is 1. The number of ether oxygens (including phenoxy) is 2. The van der Waals surface area contributed by atoms with Crippen molar-refractivity contribution in [3.8, 4) is 11.5 Å². The number of hydrogen-bond acceptors (Lipinski definition) is 8. The van der Waals surface area contributed by atoms with Crippen LogP contribution in [-0.2, 0) is 11.3 Å². The highest BCUT2D eigenvalue weighted by Gasteiger charge is 2.25. The van der Waals surface area contributed by atoms with Crippen LogP contribution in [0.25, 0.3) is 0 Å². The molecule has 2 aliphatic heterocycles. The summed E-state index contributed by atoms with van der Waals surface area (Å²) in [7, 11) is 0. The van der Waals surface area contributed by atoms with Crippen LogP contribution in [-0.4, -0.2) is 70.3 Å². The maximum absolute atomic E-state index is 13.2. The highest BCUT2D eigenvalue weighted by Crippen LogP contribution is 2.34. The number of rotatable bonds is 7. The van der Waals surface area contributed by atoms with Crippen molar-refractivity contribution < 1.29 is 19.1 Å². The first-order chi connectivity index (χ1) is 17.2. The third-order valence-corrected chi connectivity index (χ3v) is 6.82. The molecule has 1 saturated heterocycles. The Labute approximate surface area is 207 Å². The summed E-state index contributed by atoms with van der Waals surface area (Å²) in [6.45, 7) is 3.92. The van der Waals surface area contributed by atoms with Crippen LogP contribution >= 0.6 is 11.8 Å². The molecule has 2 aromatic heterocycles. The number of thioether (sulfide) groups is 1. The molecule has 5 rings (SSSR count). The molecule has 1 N–H and O–H groups in total. The molecule has 9 nitrogen and oxygen atoms in total. The van der Waals surface area contributed by atoms with Crippen molar-refractivity contribution >= 4 is 29.3 Å². The Morgan fingerprint density at radius 1 is 0.971 bits per heavy atom. The lowest BCUT2D eigenvalue weighted by molar-refractivity contribution is -0.113. The lowest BCUT2D eigenvalue weighted by Crippen LogP contribution is -2.48. The summed E-state index contributed by atoms with van der Waals surface area (Å²) in [5.74, 6) is 1.15. The quantitative estimate of drug-likeness (QED) is 0.504. The van der Waals surface area contributed by atoms with Gasteiger partial charge in [0.2, 0.25) is 12.7 Å². The Morgan fingerprint density at radius 2 is 1.77 bits per heavy atom. The molecule has 35 heavy (non-hydrogen) atoms. The number of aromatic nitrogens is 2. The van der Waals surface area contributed by atoms with Crippen molar-refractivity contribution in [1.29, 1.82) is 0 Å². The maximum atomic E-state index is 13.2. The van der Waals surface area contributed by atoms with Crippen LogP contribution in [0.3, 0.4) is 0 Å². The van der Waals surface area contributed by atoms with Gasteiger partial charge in [0.1, 0.15) is 5.03 Å². The first-order valence-electron chi connectivity index (χ1n) is 11.3. The van der Waals surface area contributed by atoms with Crippen molar-refractivity contribution in [3.63, 3.8) is 0 Å². The van der Waals surface area contributed by atoms with Gasteiger partial charge in [-0.1, -0.05) is 11.8 Å². The Hall–Kier alpha value is -3.63. The fourth-order valence-electron chi connectivity index (χ4n) is 4.00. The van der Waals surface area contributed by atoms with E-state index in [2.05, 4.69) is 20.2 Å². The lowest BCUT2D eigenvalue weighted by Gasteiger charge is -2.35. The molecule has 0 bridgehead atoms. The van der Waals surface area contributed by atoms with Gasteiger partial charge in [-0.05, 0) is 42.0 Å². The van der Waals surface area contributed by atoms with Crippen molar-refractivity contribution in [2.24, 2.45) is 0 Å². The summed E-state index contributed by atoms with van der Waals surface area (Å²) in [6.07, 6.45) is 5.24. The molecule has 2 amide bonds. The molecule has 4 heterocycles. The molecule has 1 aromatic carbocycles. The van der Waals surface area contributed by atoms with Gasteiger partial charge in [-0.25, -0.2) is 4.98 Å². The van der Waals surface area contributed by atoms with E-state index in [-0.39, 0.29) is 24.4 Å². The van der Waals surface area contributed by atoms with Crippen LogP contribution in [0.4, 0.5) is 5.69 Å². The third kappa shape index (κ3) is 5.72. The van der Waals surface area contributed by atoms with Crippen LogP contribution in [0.1, 0.15) is 15.9 Å². The van der Waals surface area contributed by atoms with Crippen molar-refractivity contribution in [1.82, 2.24) is 19.8 Å². The van der Waals surface area contributed by atoms with Crippen molar-refractivity contribution in [2.45, 2.75) is 11.6 Å². The number of nitrogens with one attached hydrogen (secondary N) is 1. The topological polar surface area (TPSA) is 96.9 Å². The van der Waals surface area contributed by atoms with Gasteiger partial charge in [-0.15, -0.1) is 0 Å². The second-order valence-electron chi connectivity index (χ2n) is 8.18. The van der Waals surface area contributed by atoms with Gasteiger partial charge in [0.05, 0.1) is 11.3 Å². The standard InChI is InChI=1S/C25H25N5O4S/c31-23(28-19-3-4-21-22(14-19)34-17-33-21)16-35-24-20(2-1-7-27-24)25(32)30-12-10-29(11-13-30)15-18-5-8-26-9-6-18/h1-9,14H,10-13,15-17H2,(H,28,31). The van der Waals surface area contributed by atoms with E-state index in [4.69, 9.17) is 9.47 Å². The zero-order chi connectivity index (χ0) is 24.0. The number of carbonyl (C=O) groups is 2. The number of pyridine rings is 2. The molecule has 0 unspecified atom stereocenters. The molecule has 2 aliphatic rings. The van der Waals surface area contributed by atoms with E-state index in [1.54, 1.807) is 48.9 Å². The van der Waals surface area contributed by atoms with Gasteiger partial charge in [0.15, 0.2) is 11.5 Å².